The molecule has 0 bridgehead atoms. The first-order valence-corrected chi connectivity index (χ1v) is 8.76. The van der Waals surface area contributed by atoms with Gasteiger partial charge < -0.3 is 5.32 Å². The molecule has 3 rings (SSSR count). The molecule has 0 aromatic carbocycles. The van der Waals surface area contributed by atoms with Gasteiger partial charge in [0.15, 0.2) is 0 Å². The normalized spacial score (nSPS) is 20.8. The van der Waals surface area contributed by atoms with Crippen molar-refractivity contribution in [3.8, 4) is 0 Å². The third-order valence-corrected chi connectivity index (χ3v) is 5.16. The van der Waals surface area contributed by atoms with Crippen molar-refractivity contribution in [3.63, 3.8) is 0 Å². The molecule has 5 nitrogen and oxygen atoms in total. The number of aryl methyl sites for hydroxylation is 1. The standard InChI is InChI=1S/C17H23F3N4O/c1-12-10-13(17(18,19)20)23-14(22-12)11-21-15(25)16(6-2-3-7-16)24-8-4-5-9-24/h10H,2-9,11H2,1H3,(H,21,25). The van der Waals surface area contributed by atoms with E-state index in [9.17, 15) is 18.0 Å². The highest BCUT2D eigenvalue weighted by atomic mass is 19.4. The fourth-order valence-corrected chi connectivity index (χ4v) is 3.97. The van der Waals surface area contributed by atoms with E-state index in [1.54, 1.807) is 0 Å². The molecule has 1 aliphatic heterocycles. The van der Waals surface area contributed by atoms with Gasteiger partial charge in [0.2, 0.25) is 5.91 Å². The van der Waals surface area contributed by atoms with Gasteiger partial charge in [-0.15, -0.1) is 0 Å². The summed E-state index contributed by atoms with van der Waals surface area (Å²) in [6.07, 6.45) is 1.28. The van der Waals surface area contributed by atoms with Crippen LogP contribution in [0.25, 0.3) is 0 Å². The Balaban J connectivity index is 1.72. The molecule has 2 aliphatic rings. The van der Waals surface area contributed by atoms with Crippen molar-refractivity contribution in [2.24, 2.45) is 0 Å². The first-order valence-electron chi connectivity index (χ1n) is 8.76. The Morgan fingerprint density at radius 1 is 1.20 bits per heavy atom. The molecule has 0 unspecified atom stereocenters. The van der Waals surface area contributed by atoms with Gasteiger partial charge in [0.25, 0.3) is 0 Å². The number of alkyl halides is 3. The lowest BCUT2D eigenvalue weighted by atomic mass is 9.94. The predicted octanol–water partition coefficient (Wildman–Crippen LogP) is 2.83. The number of rotatable bonds is 4. The fraction of sp³-hybridized carbons (Fsp3) is 0.706. The van der Waals surface area contributed by atoms with Gasteiger partial charge >= 0.3 is 6.18 Å². The van der Waals surface area contributed by atoms with E-state index in [2.05, 4.69) is 20.2 Å². The molecule has 1 saturated carbocycles. The highest BCUT2D eigenvalue weighted by molar-refractivity contribution is 5.86. The molecule has 1 aromatic rings. The van der Waals surface area contributed by atoms with Crippen LogP contribution in [0.4, 0.5) is 13.2 Å². The molecule has 2 fully saturated rings. The predicted molar refractivity (Wildman–Crippen MR) is 85.6 cm³/mol. The van der Waals surface area contributed by atoms with Gasteiger partial charge in [0.1, 0.15) is 17.1 Å². The lowest BCUT2D eigenvalue weighted by molar-refractivity contribution is -0.141. The zero-order valence-corrected chi connectivity index (χ0v) is 14.3. The molecule has 25 heavy (non-hydrogen) atoms. The van der Waals surface area contributed by atoms with Crippen molar-refractivity contribution in [1.82, 2.24) is 20.2 Å². The molecule has 1 saturated heterocycles. The fourth-order valence-electron chi connectivity index (χ4n) is 3.97. The number of nitrogens with one attached hydrogen (secondary N) is 1. The number of halogens is 3. The summed E-state index contributed by atoms with van der Waals surface area (Å²) in [5, 5.41) is 2.79. The Morgan fingerprint density at radius 2 is 1.84 bits per heavy atom. The quantitative estimate of drug-likeness (QED) is 0.901. The topological polar surface area (TPSA) is 58.1 Å². The molecule has 1 aromatic heterocycles. The van der Waals surface area contributed by atoms with Crippen molar-refractivity contribution in [3.05, 3.63) is 23.3 Å². The summed E-state index contributed by atoms with van der Waals surface area (Å²) >= 11 is 0. The van der Waals surface area contributed by atoms with E-state index in [1.165, 1.54) is 6.92 Å². The van der Waals surface area contributed by atoms with Crippen LogP contribution in [0.5, 0.6) is 0 Å². The highest BCUT2D eigenvalue weighted by Gasteiger charge is 2.46. The van der Waals surface area contributed by atoms with Crippen LogP contribution in [0.1, 0.15) is 55.7 Å². The summed E-state index contributed by atoms with van der Waals surface area (Å²) in [6.45, 7) is 3.23. The van der Waals surface area contributed by atoms with Gasteiger partial charge in [-0.25, -0.2) is 9.97 Å². The summed E-state index contributed by atoms with van der Waals surface area (Å²) in [6, 6.07) is 0.911. The van der Waals surface area contributed by atoms with Crippen LogP contribution in [0.2, 0.25) is 0 Å². The maximum absolute atomic E-state index is 12.9. The Hall–Kier alpha value is -1.70. The van der Waals surface area contributed by atoms with Crippen molar-refractivity contribution >= 4 is 5.91 Å². The third-order valence-electron chi connectivity index (χ3n) is 5.16. The van der Waals surface area contributed by atoms with Crippen molar-refractivity contribution in [2.45, 2.75) is 63.7 Å². The number of amides is 1. The first-order chi connectivity index (χ1) is 11.8. The molecule has 0 radical (unpaired) electrons. The maximum Gasteiger partial charge on any atom is 0.433 e. The molecular weight excluding hydrogens is 333 g/mol. The monoisotopic (exact) mass is 356 g/mol. The second-order valence-corrected chi connectivity index (χ2v) is 6.92. The summed E-state index contributed by atoms with van der Waals surface area (Å²) in [5.74, 6) is -0.110. The van der Waals surface area contributed by atoms with E-state index < -0.39 is 17.4 Å². The number of carbonyl (C=O) groups is 1. The highest BCUT2D eigenvalue weighted by Crippen LogP contribution is 2.37. The Bertz CT molecular complexity index is 635. The lowest BCUT2D eigenvalue weighted by Crippen LogP contribution is -2.56. The van der Waals surface area contributed by atoms with Crippen LogP contribution in [0.15, 0.2) is 6.07 Å². The van der Waals surface area contributed by atoms with Crippen LogP contribution in [0.3, 0.4) is 0 Å². The smallest absolute Gasteiger partial charge is 0.347 e. The zero-order valence-electron chi connectivity index (χ0n) is 14.3. The molecule has 0 spiro atoms. The van der Waals surface area contributed by atoms with E-state index in [4.69, 9.17) is 0 Å². The molecule has 1 amide bonds. The number of carbonyl (C=O) groups excluding carboxylic acids is 1. The number of aromatic nitrogens is 2. The SMILES string of the molecule is Cc1cc(C(F)(F)F)nc(CNC(=O)C2(N3CCCC3)CCCC2)n1. The summed E-state index contributed by atoms with van der Waals surface area (Å²) in [7, 11) is 0. The number of hydrogen-bond donors (Lipinski definition) is 1. The van der Waals surface area contributed by atoms with Gasteiger partial charge in [0, 0.05) is 5.69 Å². The van der Waals surface area contributed by atoms with Crippen molar-refractivity contribution in [2.75, 3.05) is 13.1 Å². The number of hydrogen-bond acceptors (Lipinski definition) is 4. The van der Waals surface area contributed by atoms with E-state index in [0.717, 1.165) is 57.7 Å². The van der Waals surface area contributed by atoms with E-state index in [1.807, 2.05) is 0 Å². The minimum absolute atomic E-state index is 0.00440. The van der Waals surface area contributed by atoms with Crippen molar-refractivity contribution < 1.29 is 18.0 Å². The van der Waals surface area contributed by atoms with Gasteiger partial charge in [-0.3, -0.25) is 9.69 Å². The number of nitrogens with zero attached hydrogens (tertiary/aromatic N) is 3. The van der Waals surface area contributed by atoms with Crippen LogP contribution >= 0.6 is 0 Å². The third kappa shape index (κ3) is 3.78. The minimum Gasteiger partial charge on any atom is -0.347 e. The molecular formula is C17H23F3N4O. The zero-order chi connectivity index (χ0) is 18.1. The largest absolute Gasteiger partial charge is 0.433 e. The molecule has 138 valence electrons. The van der Waals surface area contributed by atoms with Gasteiger partial charge in [-0.05, 0) is 51.8 Å². The molecule has 2 heterocycles. The summed E-state index contributed by atoms with van der Waals surface area (Å²) < 4.78 is 38.6. The minimum atomic E-state index is -4.52. The second kappa shape index (κ2) is 6.90. The van der Waals surface area contributed by atoms with Gasteiger partial charge in [-0.2, -0.15) is 13.2 Å². The summed E-state index contributed by atoms with van der Waals surface area (Å²) in [4.78, 5) is 22.7. The average Bonchev–Trinajstić information content (AvgIpc) is 3.22. The van der Waals surface area contributed by atoms with Crippen molar-refractivity contribution in [1.29, 1.82) is 0 Å². The lowest BCUT2D eigenvalue weighted by Gasteiger charge is -2.37. The Labute approximate surface area is 145 Å². The summed E-state index contributed by atoms with van der Waals surface area (Å²) in [5.41, 5.74) is -1.24. The maximum atomic E-state index is 12.9. The van der Waals surface area contributed by atoms with Gasteiger partial charge in [-0.1, -0.05) is 12.8 Å². The first kappa shape index (κ1) is 18.1. The number of likely N-dealkylation sites (tertiary alicyclic amines) is 1. The second-order valence-electron chi connectivity index (χ2n) is 6.92. The van der Waals surface area contributed by atoms with Crippen LogP contribution in [0, 0.1) is 6.92 Å². The average molecular weight is 356 g/mol. The van der Waals surface area contributed by atoms with Crippen LogP contribution < -0.4 is 5.32 Å². The van der Waals surface area contributed by atoms with Gasteiger partial charge in [0.05, 0.1) is 6.54 Å². The Kier molecular flexibility index (Phi) is 4.99. The van der Waals surface area contributed by atoms with Crippen LogP contribution in [-0.4, -0.2) is 39.4 Å². The molecule has 1 aliphatic carbocycles. The van der Waals surface area contributed by atoms with E-state index in [0.29, 0.717) is 0 Å². The molecule has 8 heteroatoms. The van der Waals surface area contributed by atoms with E-state index >= 15 is 0 Å². The van der Waals surface area contributed by atoms with E-state index in [-0.39, 0.29) is 24.0 Å². The Morgan fingerprint density at radius 3 is 2.44 bits per heavy atom. The molecule has 1 N–H and O–H groups in total. The molecule has 0 atom stereocenters. The van der Waals surface area contributed by atoms with Crippen LogP contribution in [-0.2, 0) is 17.5 Å².